The lowest BCUT2D eigenvalue weighted by atomic mass is 10.1. The summed E-state index contributed by atoms with van der Waals surface area (Å²) in [6.07, 6.45) is -3.30. The molecule has 0 unspecified atom stereocenters. The number of nitrogens with one attached hydrogen (secondary N) is 1. The monoisotopic (exact) mass is 330 g/mol. The summed E-state index contributed by atoms with van der Waals surface area (Å²) in [5.74, 6) is 0. The first-order valence-electron chi connectivity index (χ1n) is 6.15. The van der Waals surface area contributed by atoms with Crippen molar-refractivity contribution in [1.82, 2.24) is 0 Å². The van der Waals surface area contributed by atoms with Gasteiger partial charge in [-0.05, 0) is 6.07 Å². The first-order valence-corrected chi connectivity index (χ1v) is 6.15. The molecule has 0 saturated heterocycles. The summed E-state index contributed by atoms with van der Waals surface area (Å²) in [5, 5.41) is 61.7. The number of anilines is 1. The number of benzene rings is 1. The Kier molecular flexibility index (Phi) is 6.47. The smallest absolute Gasteiger partial charge is 0.301 e. The van der Waals surface area contributed by atoms with E-state index in [9.17, 15) is 30.4 Å². The summed E-state index contributed by atoms with van der Waals surface area (Å²) in [5.41, 5.74) is 0.431. The van der Waals surface area contributed by atoms with E-state index >= 15 is 0 Å². The molecule has 12 heteroatoms. The number of aliphatic hydroxyl groups is 4. The Bertz CT molecular complexity index is 620. The molecule has 0 aromatic heterocycles. The molecule has 0 aliphatic rings. The average Bonchev–Trinajstić information content (AvgIpc) is 2.53. The maximum Gasteiger partial charge on any atom is 0.301 e. The second kappa shape index (κ2) is 8.09. The Hall–Kier alpha value is -2.67. The van der Waals surface area contributed by atoms with Crippen LogP contribution in [0.15, 0.2) is 23.3 Å². The second-order valence-corrected chi connectivity index (χ2v) is 4.28. The zero-order valence-corrected chi connectivity index (χ0v) is 11.6. The van der Waals surface area contributed by atoms with Crippen molar-refractivity contribution in [2.75, 3.05) is 18.6 Å². The number of hydrogen-bond donors (Lipinski definition) is 5. The van der Waals surface area contributed by atoms with Crippen LogP contribution < -0.4 is 5.43 Å². The van der Waals surface area contributed by atoms with Crippen LogP contribution in [0.3, 0.4) is 0 Å². The van der Waals surface area contributed by atoms with Crippen LogP contribution in [-0.4, -0.2) is 61.4 Å². The number of rotatable bonds is 8. The van der Waals surface area contributed by atoms with E-state index in [2.05, 4.69) is 10.5 Å². The van der Waals surface area contributed by atoms with Crippen molar-refractivity contribution in [3.63, 3.8) is 0 Å². The molecule has 0 bridgehead atoms. The Morgan fingerprint density at radius 1 is 1.22 bits per heavy atom. The highest BCUT2D eigenvalue weighted by molar-refractivity contribution is 5.90. The average molecular weight is 330 g/mol. The van der Waals surface area contributed by atoms with E-state index in [0.29, 0.717) is 0 Å². The van der Waals surface area contributed by atoms with Crippen molar-refractivity contribution in [3.8, 4) is 0 Å². The van der Waals surface area contributed by atoms with Gasteiger partial charge in [-0.2, -0.15) is 5.10 Å². The Morgan fingerprint density at radius 2 is 1.87 bits per heavy atom. The van der Waals surface area contributed by atoms with Crippen molar-refractivity contribution < 1.29 is 30.3 Å². The van der Waals surface area contributed by atoms with Crippen LogP contribution in [0.5, 0.6) is 0 Å². The van der Waals surface area contributed by atoms with Crippen LogP contribution in [0, 0.1) is 20.2 Å². The van der Waals surface area contributed by atoms with Gasteiger partial charge in [0.2, 0.25) is 0 Å². The molecule has 1 rings (SSSR count). The van der Waals surface area contributed by atoms with Crippen LogP contribution in [0.4, 0.5) is 17.1 Å². The van der Waals surface area contributed by atoms with E-state index in [0.717, 1.165) is 18.2 Å². The van der Waals surface area contributed by atoms with Gasteiger partial charge in [-0.15, -0.1) is 0 Å². The lowest BCUT2D eigenvalue weighted by molar-refractivity contribution is -0.393. The lowest BCUT2D eigenvalue weighted by Crippen LogP contribution is -2.38. The molecule has 1 aromatic rings. The maximum absolute atomic E-state index is 10.9. The highest BCUT2D eigenvalue weighted by Gasteiger charge is 2.23. The summed E-state index contributed by atoms with van der Waals surface area (Å²) < 4.78 is 0. The predicted octanol–water partition coefficient (Wildman–Crippen LogP) is -1.02. The Balaban J connectivity index is 3.10. The third kappa shape index (κ3) is 4.65. The van der Waals surface area contributed by atoms with Gasteiger partial charge in [0.1, 0.15) is 17.9 Å². The predicted molar refractivity (Wildman–Crippen MR) is 77.0 cm³/mol. The number of aliphatic hydroxyl groups excluding tert-OH is 4. The highest BCUT2D eigenvalue weighted by atomic mass is 16.6. The zero-order valence-electron chi connectivity index (χ0n) is 11.6. The minimum absolute atomic E-state index is 0.225. The fraction of sp³-hybridized carbons (Fsp3) is 0.364. The van der Waals surface area contributed by atoms with Gasteiger partial charge in [0.15, 0.2) is 0 Å². The largest absolute Gasteiger partial charge is 0.394 e. The summed E-state index contributed by atoms with van der Waals surface area (Å²) in [6.45, 7) is -1.59. The molecule has 0 heterocycles. The molecular formula is C11H14N4O8. The fourth-order valence-electron chi connectivity index (χ4n) is 1.53. The van der Waals surface area contributed by atoms with Gasteiger partial charge in [-0.3, -0.25) is 25.7 Å². The van der Waals surface area contributed by atoms with E-state index in [-0.39, 0.29) is 11.4 Å². The molecule has 0 fully saturated rings. The molecule has 12 nitrogen and oxygen atoms in total. The second-order valence-electron chi connectivity index (χ2n) is 4.28. The minimum atomic E-state index is -1.70. The molecule has 0 saturated carbocycles. The normalized spacial score (nSPS) is 14.2. The molecular weight excluding hydrogens is 316 g/mol. The molecule has 0 spiro atoms. The van der Waals surface area contributed by atoms with E-state index in [1.54, 1.807) is 0 Å². The summed E-state index contributed by atoms with van der Waals surface area (Å²) >= 11 is 0. The van der Waals surface area contributed by atoms with Crippen LogP contribution in [0.25, 0.3) is 0 Å². The first-order chi connectivity index (χ1) is 10.8. The van der Waals surface area contributed by atoms with Crippen LogP contribution in [0.2, 0.25) is 0 Å². The molecule has 0 radical (unpaired) electrons. The molecule has 126 valence electrons. The molecule has 2 atom stereocenters. The number of nitro benzene ring substituents is 2. The third-order valence-corrected chi connectivity index (χ3v) is 2.76. The number of nitrogens with zero attached hydrogens (tertiary/aromatic N) is 3. The van der Waals surface area contributed by atoms with Crippen molar-refractivity contribution in [3.05, 3.63) is 38.4 Å². The van der Waals surface area contributed by atoms with Gasteiger partial charge in [-0.1, -0.05) is 0 Å². The summed E-state index contributed by atoms with van der Waals surface area (Å²) in [4.78, 5) is 19.9. The van der Waals surface area contributed by atoms with E-state index < -0.39 is 46.6 Å². The quantitative estimate of drug-likeness (QED) is 0.225. The Labute approximate surface area is 128 Å². The van der Waals surface area contributed by atoms with Crippen LogP contribution >= 0.6 is 0 Å². The van der Waals surface area contributed by atoms with E-state index in [1.807, 2.05) is 0 Å². The van der Waals surface area contributed by atoms with Crippen molar-refractivity contribution in [1.29, 1.82) is 0 Å². The van der Waals surface area contributed by atoms with E-state index in [4.69, 9.17) is 10.2 Å². The summed E-state index contributed by atoms with van der Waals surface area (Å²) in [6, 6.07) is 2.75. The molecule has 5 N–H and O–H groups in total. The fourth-order valence-corrected chi connectivity index (χ4v) is 1.53. The highest BCUT2D eigenvalue weighted by Crippen LogP contribution is 2.28. The Morgan fingerprint density at radius 3 is 2.35 bits per heavy atom. The molecule has 23 heavy (non-hydrogen) atoms. The third-order valence-electron chi connectivity index (χ3n) is 2.76. The van der Waals surface area contributed by atoms with Gasteiger partial charge in [-0.25, -0.2) is 0 Å². The lowest BCUT2D eigenvalue weighted by Gasteiger charge is -2.16. The van der Waals surface area contributed by atoms with Crippen LogP contribution in [-0.2, 0) is 0 Å². The number of hydrogen-bond acceptors (Lipinski definition) is 10. The minimum Gasteiger partial charge on any atom is -0.394 e. The zero-order chi connectivity index (χ0) is 17.6. The van der Waals surface area contributed by atoms with Gasteiger partial charge >= 0.3 is 5.69 Å². The van der Waals surface area contributed by atoms with E-state index in [1.165, 1.54) is 0 Å². The summed E-state index contributed by atoms with van der Waals surface area (Å²) in [7, 11) is 0. The van der Waals surface area contributed by atoms with Gasteiger partial charge in [0, 0.05) is 6.07 Å². The van der Waals surface area contributed by atoms with Crippen LogP contribution in [0.1, 0.15) is 0 Å². The maximum atomic E-state index is 10.9. The first kappa shape index (κ1) is 18.4. The molecule has 0 amide bonds. The van der Waals surface area contributed by atoms with Gasteiger partial charge < -0.3 is 20.4 Å². The number of non-ortho nitro benzene ring substituents is 1. The van der Waals surface area contributed by atoms with Crippen molar-refractivity contribution >= 4 is 22.8 Å². The van der Waals surface area contributed by atoms with Crippen molar-refractivity contribution in [2.45, 2.75) is 12.2 Å². The SMILES string of the molecule is O=[N+]([O-])c1ccc(N/N=C(/CO)[C@@H](O)[C@H](O)CO)c([N+](=O)[O-])c1. The van der Waals surface area contributed by atoms with Crippen molar-refractivity contribution in [2.24, 2.45) is 5.10 Å². The molecule has 1 aromatic carbocycles. The molecule has 0 aliphatic carbocycles. The topological polar surface area (TPSA) is 192 Å². The number of nitro groups is 2. The van der Waals surface area contributed by atoms with Gasteiger partial charge in [0.25, 0.3) is 5.69 Å². The molecule has 0 aliphatic heterocycles. The van der Waals surface area contributed by atoms with Gasteiger partial charge in [0.05, 0.1) is 34.8 Å². The standard InChI is InChI=1S/C11H14N4O8/c16-4-8(11(19)10(18)5-17)13-12-7-2-1-6(14(20)21)3-9(7)15(22)23/h1-3,10-12,16-19H,4-5H2/b13-8-/t10-,11-/m1/s1. The number of hydrazone groups is 1.